The van der Waals surface area contributed by atoms with Crippen molar-refractivity contribution < 1.29 is 10.3 Å². The van der Waals surface area contributed by atoms with Gasteiger partial charge in [0.15, 0.2) is 0 Å². The van der Waals surface area contributed by atoms with E-state index in [1.54, 1.807) is 6.92 Å². The molecule has 2 unspecified atom stereocenters. The summed E-state index contributed by atoms with van der Waals surface area (Å²) in [5.74, 6) is 0. The third-order valence-corrected chi connectivity index (χ3v) is 0.898. The van der Waals surface area contributed by atoms with Crippen molar-refractivity contribution in [3.63, 3.8) is 0 Å². The zero-order valence-electron chi connectivity index (χ0n) is 10.2. The summed E-state index contributed by atoms with van der Waals surface area (Å²) < 4.78 is 29.9. The second-order valence-electron chi connectivity index (χ2n) is 1.75. The van der Waals surface area contributed by atoms with E-state index in [-0.39, 0.29) is 12.8 Å². The van der Waals surface area contributed by atoms with Crippen molar-refractivity contribution in [3.05, 3.63) is 12.2 Å². The molecule has 0 aromatic heterocycles. The predicted octanol–water partition coefficient (Wildman–Crippen LogP) is 2.71. The Balaban J connectivity index is 4.23. The van der Waals surface area contributed by atoms with Crippen molar-refractivity contribution in [2.75, 3.05) is 0 Å². The molecule has 0 rings (SSSR count). The van der Waals surface area contributed by atoms with Gasteiger partial charge in [0, 0.05) is 11.9 Å². The average molecular weight is 144 g/mol. The first-order valence-electron chi connectivity index (χ1n) is 5.56. The van der Waals surface area contributed by atoms with Crippen LogP contribution in [0.5, 0.6) is 0 Å². The number of carbonyl (C=O) groups is 1. The molecule has 0 saturated heterocycles. The number of carbonyl (C=O) groups excluding carboxylic acids is 1. The maximum atomic E-state index is 9.98. The molecule has 1 heteroatoms. The standard InChI is InChI=1S/C9H16O/c1-2-3-4-5-6-7-8-9-10/h6-7,9H,2-5,8H2,1H3/b7-6-/i3D2,4D,5D. The smallest absolute Gasteiger partial charge is 0.123 e. The van der Waals surface area contributed by atoms with E-state index in [0.29, 0.717) is 6.29 Å². The van der Waals surface area contributed by atoms with Crippen molar-refractivity contribution in [1.29, 1.82) is 0 Å². The molecule has 0 aromatic carbocycles. The Morgan fingerprint density at radius 1 is 1.50 bits per heavy atom. The first-order valence-corrected chi connectivity index (χ1v) is 3.40. The maximum absolute atomic E-state index is 9.98. The van der Waals surface area contributed by atoms with Crippen LogP contribution in [-0.2, 0) is 4.79 Å². The van der Waals surface area contributed by atoms with Gasteiger partial charge in [0.05, 0.1) is 0 Å². The molecule has 0 N–H and O–H groups in total. The largest absolute Gasteiger partial charge is 0.303 e. The molecule has 0 bridgehead atoms. The second kappa shape index (κ2) is 8.41. The summed E-state index contributed by atoms with van der Waals surface area (Å²) in [7, 11) is 0. The molecule has 0 spiro atoms. The Labute approximate surface area is 68.8 Å². The minimum atomic E-state index is -1.64. The van der Waals surface area contributed by atoms with Crippen LogP contribution in [0.1, 0.15) is 44.4 Å². The zero-order chi connectivity index (χ0) is 11.2. The normalized spacial score (nSPS) is 24.1. The van der Waals surface area contributed by atoms with Gasteiger partial charge in [0.2, 0.25) is 0 Å². The Kier molecular flexibility index (Phi) is 3.63. The van der Waals surface area contributed by atoms with Crippen LogP contribution in [-0.4, -0.2) is 6.29 Å². The molecule has 0 aliphatic heterocycles. The monoisotopic (exact) mass is 144 g/mol. The fourth-order valence-electron chi connectivity index (χ4n) is 0.454. The average Bonchev–Trinajstić information content (AvgIpc) is 2.17. The van der Waals surface area contributed by atoms with Gasteiger partial charge in [-0.3, -0.25) is 0 Å². The number of aldehydes is 1. The lowest BCUT2D eigenvalue weighted by Crippen LogP contribution is -1.71. The minimum Gasteiger partial charge on any atom is -0.303 e. The number of allylic oxidation sites excluding steroid dienone is 2. The maximum Gasteiger partial charge on any atom is 0.123 e. The SMILES string of the molecule is [2H]C(/C=C\CC=O)C([2H])C([2H])([2H])CC. The Morgan fingerprint density at radius 3 is 2.90 bits per heavy atom. The van der Waals surface area contributed by atoms with Crippen LogP contribution in [0.25, 0.3) is 0 Å². The van der Waals surface area contributed by atoms with Gasteiger partial charge in [-0.15, -0.1) is 0 Å². The molecular formula is C9H16O. The van der Waals surface area contributed by atoms with Crippen molar-refractivity contribution in [1.82, 2.24) is 0 Å². The number of hydrogen-bond acceptors (Lipinski definition) is 1. The number of hydrogen-bond donors (Lipinski definition) is 0. The highest BCUT2D eigenvalue weighted by molar-refractivity contribution is 5.51. The molecule has 0 amide bonds. The van der Waals surface area contributed by atoms with Gasteiger partial charge >= 0.3 is 0 Å². The van der Waals surface area contributed by atoms with E-state index in [1.165, 1.54) is 12.2 Å². The highest BCUT2D eigenvalue weighted by Gasteiger charge is 1.80. The predicted molar refractivity (Wildman–Crippen MR) is 44.0 cm³/mol. The second-order valence-corrected chi connectivity index (χ2v) is 1.75. The van der Waals surface area contributed by atoms with Gasteiger partial charge in [-0.25, -0.2) is 0 Å². The van der Waals surface area contributed by atoms with E-state index in [2.05, 4.69) is 0 Å². The lowest BCUT2D eigenvalue weighted by atomic mass is 10.2. The summed E-state index contributed by atoms with van der Waals surface area (Å²) in [5, 5.41) is 0. The molecule has 1 nitrogen and oxygen atoms in total. The quantitative estimate of drug-likeness (QED) is 0.414. The molecule has 0 radical (unpaired) electrons. The molecule has 0 aromatic rings. The van der Waals surface area contributed by atoms with E-state index in [4.69, 9.17) is 5.48 Å². The highest BCUT2D eigenvalue weighted by atomic mass is 16.1. The van der Waals surface area contributed by atoms with Crippen LogP contribution in [0.2, 0.25) is 0 Å². The van der Waals surface area contributed by atoms with Gasteiger partial charge in [-0.2, -0.15) is 0 Å². The van der Waals surface area contributed by atoms with Crippen LogP contribution >= 0.6 is 0 Å². The van der Waals surface area contributed by atoms with Crippen LogP contribution in [0.3, 0.4) is 0 Å². The van der Waals surface area contributed by atoms with Gasteiger partial charge < -0.3 is 4.79 Å². The van der Waals surface area contributed by atoms with E-state index in [9.17, 15) is 4.79 Å². The zero-order valence-corrected chi connectivity index (χ0v) is 6.21. The third-order valence-electron chi connectivity index (χ3n) is 0.898. The third kappa shape index (κ3) is 7.41. The van der Waals surface area contributed by atoms with Crippen LogP contribution in [0.4, 0.5) is 0 Å². The van der Waals surface area contributed by atoms with Crippen LogP contribution in [0.15, 0.2) is 12.2 Å². The summed E-state index contributed by atoms with van der Waals surface area (Å²) in [6, 6.07) is 0. The van der Waals surface area contributed by atoms with Gasteiger partial charge in [0.25, 0.3) is 0 Å². The van der Waals surface area contributed by atoms with Gasteiger partial charge in [-0.1, -0.05) is 31.9 Å². The molecule has 0 aliphatic rings. The minimum absolute atomic E-state index is 0.219. The summed E-state index contributed by atoms with van der Waals surface area (Å²) in [6.45, 7) is 1.66. The van der Waals surface area contributed by atoms with E-state index < -0.39 is 19.2 Å². The van der Waals surface area contributed by atoms with Crippen LogP contribution < -0.4 is 0 Å². The summed E-state index contributed by atoms with van der Waals surface area (Å²) in [6.07, 6.45) is 0.391. The molecule has 10 heavy (non-hydrogen) atoms. The number of rotatable bonds is 6. The summed E-state index contributed by atoms with van der Waals surface area (Å²) in [5.41, 5.74) is 0. The lowest BCUT2D eigenvalue weighted by molar-refractivity contribution is -0.107. The molecule has 0 saturated carbocycles. The van der Waals surface area contributed by atoms with E-state index in [1.807, 2.05) is 0 Å². The first kappa shape index (κ1) is 4.32. The van der Waals surface area contributed by atoms with E-state index >= 15 is 0 Å². The van der Waals surface area contributed by atoms with Crippen molar-refractivity contribution >= 4 is 6.29 Å². The molecule has 58 valence electrons. The Morgan fingerprint density at radius 2 is 2.30 bits per heavy atom. The molecule has 0 aliphatic carbocycles. The summed E-state index contributed by atoms with van der Waals surface area (Å²) >= 11 is 0. The highest BCUT2D eigenvalue weighted by Crippen LogP contribution is 1.99. The lowest BCUT2D eigenvalue weighted by Gasteiger charge is -1.89. The fraction of sp³-hybridized carbons (Fsp3) is 0.667. The molecule has 2 atom stereocenters. The van der Waals surface area contributed by atoms with Crippen molar-refractivity contribution in [2.24, 2.45) is 0 Å². The topological polar surface area (TPSA) is 17.1 Å². The van der Waals surface area contributed by atoms with Crippen molar-refractivity contribution in [2.45, 2.75) is 38.9 Å². The van der Waals surface area contributed by atoms with Crippen molar-refractivity contribution in [3.8, 4) is 0 Å². The van der Waals surface area contributed by atoms with Gasteiger partial charge in [0.1, 0.15) is 6.29 Å². The Bertz CT molecular complexity index is 203. The van der Waals surface area contributed by atoms with Crippen LogP contribution in [0, 0.1) is 0 Å². The molecule has 0 fully saturated rings. The van der Waals surface area contributed by atoms with Gasteiger partial charge in [-0.05, 0) is 12.8 Å². The molecule has 0 heterocycles. The Hall–Kier alpha value is -0.590. The van der Waals surface area contributed by atoms with E-state index in [0.717, 1.165) is 0 Å². The molecular weight excluding hydrogens is 124 g/mol. The fourth-order valence-corrected chi connectivity index (χ4v) is 0.454. The first-order chi connectivity index (χ1) is 6.45. The summed E-state index contributed by atoms with van der Waals surface area (Å²) in [4.78, 5) is 9.98.